The van der Waals surface area contributed by atoms with Crippen molar-refractivity contribution < 1.29 is 14.5 Å². The second kappa shape index (κ2) is 5.09. The lowest BCUT2D eigenvalue weighted by Gasteiger charge is -2.62. The molecular weight excluding hydrogens is 312 g/mol. The SMILES string of the molecule is c1ccc(C23CC4CC(C2)C2(OOC5(CCCCC5)O2)C(C4)C3)cc1. The van der Waals surface area contributed by atoms with E-state index < -0.39 is 11.6 Å². The Balaban J connectivity index is 1.34. The van der Waals surface area contributed by atoms with Crippen molar-refractivity contribution in [2.45, 2.75) is 81.2 Å². The molecule has 0 radical (unpaired) electrons. The molecule has 25 heavy (non-hydrogen) atoms. The van der Waals surface area contributed by atoms with Crippen LogP contribution in [0.4, 0.5) is 0 Å². The Labute approximate surface area is 150 Å². The molecule has 7 rings (SSSR count). The van der Waals surface area contributed by atoms with E-state index in [2.05, 4.69) is 30.3 Å². The van der Waals surface area contributed by atoms with Crippen molar-refractivity contribution in [2.24, 2.45) is 17.8 Å². The lowest BCUT2D eigenvalue weighted by Crippen LogP contribution is -2.63. The van der Waals surface area contributed by atoms with Crippen molar-refractivity contribution in [3.63, 3.8) is 0 Å². The van der Waals surface area contributed by atoms with Gasteiger partial charge in [0.05, 0.1) is 0 Å². The van der Waals surface area contributed by atoms with Gasteiger partial charge in [0.1, 0.15) is 0 Å². The molecule has 3 nitrogen and oxygen atoms in total. The third kappa shape index (κ3) is 2.03. The van der Waals surface area contributed by atoms with E-state index in [4.69, 9.17) is 14.5 Å². The predicted molar refractivity (Wildman–Crippen MR) is 93.5 cm³/mol. The predicted octanol–water partition coefficient (Wildman–Crippen LogP) is 5.10. The minimum absolute atomic E-state index is 0.345. The first-order chi connectivity index (χ1) is 12.2. The van der Waals surface area contributed by atoms with Crippen molar-refractivity contribution in [2.75, 3.05) is 0 Å². The summed E-state index contributed by atoms with van der Waals surface area (Å²) in [5.74, 6) is 0.916. The van der Waals surface area contributed by atoms with E-state index in [1.165, 1.54) is 56.9 Å². The van der Waals surface area contributed by atoms with E-state index in [9.17, 15) is 0 Å². The van der Waals surface area contributed by atoms with Crippen LogP contribution < -0.4 is 0 Å². The molecular formula is C22H28O3. The fourth-order valence-electron chi connectivity index (χ4n) is 7.12. The molecule has 1 aliphatic heterocycles. The summed E-state index contributed by atoms with van der Waals surface area (Å²) in [6, 6.07) is 11.2. The van der Waals surface area contributed by atoms with Gasteiger partial charge in [0, 0.05) is 24.7 Å². The maximum atomic E-state index is 6.79. The molecule has 0 amide bonds. The Kier molecular flexibility index (Phi) is 3.09. The van der Waals surface area contributed by atoms with Crippen LogP contribution in [-0.2, 0) is 19.9 Å². The van der Waals surface area contributed by atoms with Gasteiger partial charge in [-0.2, -0.15) is 9.78 Å². The molecule has 2 unspecified atom stereocenters. The van der Waals surface area contributed by atoms with Crippen molar-refractivity contribution >= 4 is 0 Å². The molecule has 5 aliphatic carbocycles. The Morgan fingerprint density at radius 2 is 1.52 bits per heavy atom. The maximum Gasteiger partial charge on any atom is 0.210 e. The Bertz CT molecular complexity index is 647. The minimum Gasteiger partial charge on any atom is -0.312 e. The maximum absolute atomic E-state index is 6.79. The van der Waals surface area contributed by atoms with Crippen molar-refractivity contribution in [3.8, 4) is 0 Å². The highest BCUT2D eigenvalue weighted by atomic mass is 17.3. The van der Waals surface area contributed by atoms with Crippen LogP contribution in [0.1, 0.15) is 69.8 Å². The summed E-state index contributed by atoms with van der Waals surface area (Å²) in [5.41, 5.74) is 1.88. The molecule has 1 aromatic carbocycles. The number of hydrogen-bond acceptors (Lipinski definition) is 3. The zero-order valence-corrected chi connectivity index (χ0v) is 14.9. The normalized spacial score (nSPS) is 47.0. The molecule has 4 bridgehead atoms. The molecule has 5 saturated carbocycles. The van der Waals surface area contributed by atoms with E-state index in [1.807, 2.05) is 0 Å². The number of hydrogen-bond donors (Lipinski definition) is 0. The summed E-state index contributed by atoms with van der Waals surface area (Å²) < 4.78 is 6.79. The summed E-state index contributed by atoms with van der Waals surface area (Å²) in [4.78, 5) is 12.1. The number of benzene rings is 1. The highest BCUT2D eigenvalue weighted by Crippen LogP contribution is 2.67. The van der Waals surface area contributed by atoms with Gasteiger partial charge in [0.25, 0.3) is 0 Å². The molecule has 0 N–H and O–H groups in total. The zero-order chi connectivity index (χ0) is 16.5. The van der Waals surface area contributed by atoms with Gasteiger partial charge in [0.2, 0.25) is 11.6 Å². The first-order valence-electron chi connectivity index (χ1n) is 10.3. The average Bonchev–Trinajstić information content (AvgIpc) is 3.01. The second-order valence-corrected chi connectivity index (χ2v) is 9.45. The molecule has 3 heteroatoms. The minimum atomic E-state index is -0.452. The van der Waals surface area contributed by atoms with Crippen LogP contribution in [0.15, 0.2) is 30.3 Å². The summed E-state index contributed by atoms with van der Waals surface area (Å²) >= 11 is 0. The molecule has 2 atom stereocenters. The van der Waals surface area contributed by atoms with Gasteiger partial charge in [-0.1, -0.05) is 36.8 Å². The third-order valence-corrected chi connectivity index (χ3v) is 8.00. The quantitative estimate of drug-likeness (QED) is 0.666. The summed E-state index contributed by atoms with van der Waals surface area (Å²) in [6.07, 6.45) is 12.0. The second-order valence-electron chi connectivity index (χ2n) is 9.45. The zero-order valence-electron chi connectivity index (χ0n) is 14.9. The van der Waals surface area contributed by atoms with E-state index in [0.717, 1.165) is 18.8 Å². The van der Waals surface area contributed by atoms with Crippen LogP contribution in [0.3, 0.4) is 0 Å². The van der Waals surface area contributed by atoms with E-state index in [1.54, 1.807) is 0 Å². The Hall–Kier alpha value is -0.900. The molecule has 1 heterocycles. The van der Waals surface area contributed by atoms with Crippen molar-refractivity contribution in [3.05, 3.63) is 35.9 Å². The first kappa shape index (κ1) is 15.2. The Morgan fingerprint density at radius 1 is 0.800 bits per heavy atom. The number of ether oxygens (including phenoxy) is 1. The molecule has 6 aliphatic rings. The largest absolute Gasteiger partial charge is 0.312 e. The van der Waals surface area contributed by atoms with Crippen molar-refractivity contribution in [1.29, 1.82) is 0 Å². The van der Waals surface area contributed by atoms with Crippen LogP contribution in [0.25, 0.3) is 0 Å². The molecule has 2 spiro atoms. The monoisotopic (exact) mass is 340 g/mol. The smallest absolute Gasteiger partial charge is 0.210 e. The van der Waals surface area contributed by atoms with Gasteiger partial charge in [-0.25, -0.2) is 0 Å². The molecule has 1 saturated heterocycles. The number of rotatable bonds is 1. The van der Waals surface area contributed by atoms with Gasteiger partial charge in [-0.3, -0.25) is 0 Å². The van der Waals surface area contributed by atoms with Crippen molar-refractivity contribution in [1.82, 2.24) is 0 Å². The third-order valence-electron chi connectivity index (χ3n) is 8.00. The molecule has 1 aromatic rings. The molecule has 0 aromatic heterocycles. The highest BCUT2D eigenvalue weighted by Gasteiger charge is 2.69. The summed E-state index contributed by atoms with van der Waals surface area (Å²) in [7, 11) is 0. The lowest BCUT2D eigenvalue weighted by molar-refractivity contribution is -0.391. The first-order valence-corrected chi connectivity index (χ1v) is 10.3. The van der Waals surface area contributed by atoms with E-state index in [0.29, 0.717) is 17.3 Å². The lowest BCUT2D eigenvalue weighted by atomic mass is 9.46. The van der Waals surface area contributed by atoms with Gasteiger partial charge in [-0.15, -0.1) is 0 Å². The highest BCUT2D eigenvalue weighted by molar-refractivity contribution is 5.30. The Morgan fingerprint density at radius 3 is 2.24 bits per heavy atom. The van der Waals surface area contributed by atoms with Gasteiger partial charge >= 0.3 is 0 Å². The summed E-state index contributed by atoms with van der Waals surface area (Å²) in [6.45, 7) is 0. The topological polar surface area (TPSA) is 27.7 Å². The van der Waals surface area contributed by atoms with Gasteiger partial charge in [-0.05, 0) is 61.8 Å². The standard InChI is InChI=1S/C22H28O3/c1-3-7-17(8-4-1)20-13-16-11-18(14-20)22(19(12-16)15-20)23-21(24-25-22)9-5-2-6-10-21/h1,3-4,7-8,16,18-19H,2,5-6,9-15H2. The van der Waals surface area contributed by atoms with Crippen LogP contribution >= 0.6 is 0 Å². The van der Waals surface area contributed by atoms with E-state index >= 15 is 0 Å². The fraction of sp³-hybridized carbons (Fsp3) is 0.727. The van der Waals surface area contributed by atoms with Crippen LogP contribution in [0, 0.1) is 17.8 Å². The molecule has 134 valence electrons. The van der Waals surface area contributed by atoms with Gasteiger partial charge < -0.3 is 4.74 Å². The van der Waals surface area contributed by atoms with E-state index in [-0.39, 0.29) is 0 Å². The average molecular weight is 340 g/mol. The van der Waals surface area contributed by atoms with Gasteiger partial charge in [0.15, 0.2) is 0 Å². The van der Waals surface area contributed by atoms with Crippen LogP contribution in [-0.4, -0.2) is 11.6 Å². The van der Waals surface area contributed by atoms with Crippen LogP contribution in [0.5, 0.6) is 0 Å². The fourth-order valence-corrected chi connectivity index (χ4v) is 7.12. The van der Waals surface area contributed by atoms with Crippen LogP contribution in [0.2, 0.25) is 0 Å². The molecule has 6 fully saturated rings. The summed E-state index contributed by atoms with van der Waals surface area (Å²) in [5, 5.41) is 0.